The number of nitrogens with zero attached hydrogens (tertiary/aromatic N) is 1. The summed E-state index contributed by atoms with van der Waals surface area (Å²) in [4.78, 5) is 16.5. The summed E-state index contributed by atoms with van der Waals surface area (Å²) >= 11 is 7.26. The molecule has 1 heterocycles. The maximum atomic E-state index is 13.7. The first-order chi connectivity index (χ1) is 11.1. The molecule has 0 aliphatic rings. The second-order valence-electron chi connectivity index (χ2n) is 4.75. The lowest BCUT2D eigenvalue weighted by molar-refractivity contribution is -0.115. The predicted octanol–water partition coefficient (Wildman–Crippen LogP) is 4.28. The van der Waals surface area contributed by atoms with E-state index in [1.165, 1.54) is 23.5 Å². The summed E-state index contributed by atoms with van der Waals surface area (Å²) < 4.78 is 19.9. The van der Waals surface area contributed by atoms with Crippen LogP contribution >= 0.6 is 22.9 Å². The van der Waals surface area contributed by atoms with E-state index in [1.807, 2.05) is 12.1 Å². The van der Waals surface area contributed by atoms with Crippen LogP contribution in [0.3, 0.4) is 0 Å². The average Bonchev–Trinajstić information content (AvgIpc) is 2.93. The largest absolute Gasteiger partial charge is 0.494 e. The Bertz CT molecular complexity index is 861. The number of hydrogen-bond acceptors (Lipinski definition) is 4. The predicted molar refractivity (Wildman–Crippen MR) is 89.9 cm³/mol. The first-order valence-corrected chi connectivity index (χ1v) is 7.94. The quantitative estimate of drug-likeness (QED) is 0.764. The van der Waals surface area contributed by atoms with Crippen molar-refractivity contribution in [3.8, 4) is 5.75 Å². The highest BCUT2D eigenvalue weighted by atomic mass is 35.5. The van der Waals surface area contributed by atoms with Gasteiger partial charge in [-0.05, 0) is 24.3 Å². The van der Waals surface area contributed by atoms with Gasteiger partial charge in [0.2, 0.25) is 5.91 Å². The van der Waals surface area contributed by atoms with Gasteiger partial charge in [-0.3, -0.25) is 4.79 Å². The van der Waals surface area contributed by atoms with Gasteiger partial charge in [0.05, 0.1) is 18.2 Å². The SMILES string of the molecule is COc1cccc2sc(NC(=O)Cc3c(F)cccc3Cl)nc12. The maximum Gasteiger partial charge on any atom is 0.230 e. The second-order valence-corrected chi connectivity index (χ2v) is 6.19. The Morgan fingerprint density at radius 2 is 2.13 bits per heavy atom. The van der Waals surface area contributed by atoms with E-state index in [2.05, 4.69) is 10.3 Å². The van der Waals surface area contributed by atoms with Gasteiger partial charge in [0.25, 0.3) is 0 Å². The van der Waals surface area contributed by atoms with Crippen molar-refractivity contribution in [2.75, 3.05) is 12.4 Å². The Hall–Kier alpha value is -2.18. The maximum absolute atomic E-state index is 13.7. The Morgan fingerprint density at radius 1 is 1.35 bits per heavy atom. The first-order valence-electron chi connectivity index (χ1n) is 6.75. The Morgan fingerprint density at radius 3 is 2.87 bits per heavy atom. The van der Waals surface area contributed by atoms with Crippen LogP contribution in [0, 0.1) is 5.82 Å². The molecule has 0 bridgehead atoms. The molecule has 0 aliphatic heterocycles. The van der Waals surface area contributed by atoms with Crippen LogP contribution in [0.1, 0.15) is 5.56 Å². The molecule has 0 spiro atoms. The van der Waals surface area contributed by atoms with Gasteiger partial charge in [0, 0.05) is 10.6 Å². The number of nitrogens with one attached hydrogen (secondary N) is 1. The molecule has 1 N–H and O–H groups in total. The van der Waals surface area contributed by atoms with Crippen LogP contribution in [0.5, 0.6) is 5.75 Å². The molecular formula is C16H12ClFN2O2S. The molecule has 23 heavy (non-hydrogen) atoms. The molecule has 0 atom stereocenters. The molecule has 0 fully saturated rings. The molecule has 2 aromatic carbocycles. The number of methoxy groups -OCH3 is 1. The van der Waals surface area contributed by atoms with Gasteiger partial charge in [-0.1, -0.05) is 35.1 Å². The Kier molecular flexibility index (Phi) is 4.45. The third kappa shape index (κ3) is 3.28. The van der Waals surface area contributed by atoms with E-state index >= 15 is 0 Å². The molecule has 3 aromatic rings. The Balaban J connectivity index is 1.81. The molecule has 118 valence electrons. The van der Waals surface area contributed by atoms with Crippen LogP contribution < -0.4 is 10.1 Å². The number of thiazole rings is 1. The van der Waals surface area contributed by atoms with Gasteiger partial charge < -0.3 is 10.1 Å². The molecule has 1 aromatic heterocycles. The third-order valence-corrected chi connectivity index (χ3v) is 4.54. The van der Waals surface area contributed by atoms with E-state index in [-0.39, 0.29) is 22.9 Å². The molecular weight excluding hydrogens is 339 g/mol. The Labute approximate surface area is 140 Å². The number of ether oxygens (including phenoxy) is 1. The van der Waals surface area contributed by atoms with Gasteiger partial charge in [-0.15, -0.1) is 0 Å². The van der Waals surface area contributed by atoms with Crippen molar-refractivity contribution in [3.05, 3.63) is 52.8 Å². The van der Waals surface area contributed by atoms with E-state index < -0.39 is 5.82 Å². The molecule has 0 saturated carbocycles. The second kappa shape index (κ2) is 6.52. The van der Waals surface area contributed by atoms with Crippen LogP contribution in [0.4, 0.5) is 9.52 Å². The minimum absolute atomic E-state index is 0.154. The molecule has 4 nitrogen and oxygen atoms in total. The highest BCUT2D eigenvalue weighted by Crippen LogP contribution is 2.32. The summed E-state index contributed by atoms with van der Waals surface area (Å²) in [6.45, 7) is 0. The summed E-state index contributed by atoms with van der Waals surface area (Å²) in [5.74, 6) is -0.245. The van der Waals surface area contributed by atoms with Crippen LogP contribution in [-0.2, 0) is 11.2 Å². The number of carbonyl (C=O) groups is 1. The van der Waals surface area contributed by atoms with Crippen molar-refractivity contribution in [3.63, 3.8) is 0 Å². The summed E-state index contributed by atoms with van der Waals surface area (Å²) in [6.07, 6.45) is -0.154. The van der Waals surface area contributed by atoms with E-state index in [4.69, 9.17) is 16.3 Å². The molecule has 3 rings (SSSR count). The van der Waals surface area contributed by atoms with E-state index in [9.17, 15) is 9.18 Å². The number of anilines is 1. The summed E-state index contributed by atoms with van der Waals surface area (Å²) in [7, 11) is 1.56. The third-order valence-electron chi connectivity index (χ3n) is 3.25. The number of benzene rings is 2. The summed E-state index contributed by atoms with van der Waals surface area (Å²) in [6, 6.07) is 9.86. The van der Waals surface area contributed by atoms with Gasteiger partial charge in [-0.2, -0.15) is 0 Å². The fraction of sp³-hybridized carbons (Fsp3) is 0.125. The van der Waals surface area contributed by atoms with Crippen molar-refractivity contribution in [2.24, 2.45) is 0 Å². The smallest absolute Gasteiger partial charge is 0.230 e. The number of amides is 1. The minimum atomic E-state index is -0.501. The van der Waals surface area contributed by atoms with Crippen molar-refractivity contribution >= 4 is 44.2 Å². The zero-order valence-corrected chi connectivity index (χ0v) is 13.7. The number of fused-ring (bicyclic) bond motifs is 1. The van der Waals surface area contributed by atoms with Crippen LogP contribution in [-0.4, -0.2) is 18.0 Å². The zero-order valence-electron chi connectivity index (χ0n) is 12.1. The van der Waals surface area contributed by atoms with E-state index in [0.29, 0.717) is 16.4 Å². The lowest BCUT2D eigenvalue weighted by Crippen LogP contribution is -2.15. The zero-order chi connectivity index (χ0) is 16.4. The normalized spacial score (nSPS) is 10.7. The van der Waals surface area contributed by atoms with Crippen molar-refractivity contribution in [1.29, 1.82) is 0 Å². The van der Waals surface area contributed by atoms with Crippen LogP contribution in [0.2, 0.25) is 5.02 Å². The van der Waals surface area contributed by atoms with Gasteiger partial charge in [-0.25, -0.2) is 9.37 Å². The number of halogens is 2. The minimum Gasteiger partial charge on any atom is -0.494 e. The molecule has 7 heteroatoms. The number of carbonyl (C=O) groups excluding carboxylic acids is 1. The molecule has 0 radical (unpaired) electrons. The van der Waals surface area contributed by atoms with Crippen LogP contribution in [0.25, 0.3) is 10.2 Å². The van der Waals surface area contributed by atoms with Crippen molar-refractivity contribution < 1.29 is 13.9 Å². The molecule has 1 amide bonds. The number of rotatable bonds is 4. The van der Waals surface area contributed by atoms with Crippen molar-refractivity contribution in [2.45, 2.75) is 6.42 Å². The number of hydrogen-bond donors (Lipinski definition) is 1. The van der Waals surface area contributed by atoms with Crippen molar-refractivity contribution in [1.82, 2.24) is 4.98 Å². The van der Waals surface area contributed by atoms with E-state index in [1.54, 1.807) is 19.2 Å². The van der Waals surface area contributed by atoms with Gasteiger partial charge >= 0.3 is 0 Å². The average molecular weight is 351 g/mol. The number of aromatic nitrogens is 1. The molecule has 0 saturated heterocycles. The monoisotopic (exact) mass is 350 g/mol. The van der Waals surface area contributed by atoms with Gasteiger partial charge in [0.15, 0.2) is 5.13 Å². The molecule has 0 aliphatic carbocycles. The summed E-state index contributed by atoms with van der Waals surface area (Å²) in [5.41, 5.74) is 0.851. The fourth-order valence-corrected chi connectivity index (χ4v) is 3.30. The lowest BCUT2D eigenvalue weighted by atomic mass is 10.1. The number of para-hydroxylation sites is 1. The lowest BCUT2D eigenvalue weighted by Gasteiger charge is -2.05. The highest BCUT2D eigenvalue weighted by Gasteiger charge is 2.14. The first kappa shape index (κ1) is 15.7. The van der Waals surface area contributed by atoms with E-state index in [0.717, 1.165) is 4.70 Å². The standard InChI is InChI=1S/C16H12ClFN2O2S/c1-22-12-6-3-7-13-15(12)20-16(23-13)19-14(21)8-9-10(17)4-2-5-11(9)18/h2-7H,8H2,1H3,(H,19,20,21). The van der Waals surface area contributed by atoms with Crippen LogP contribution in [0.15, 0.2) is 36.4 Å². The van der Waals surface area contributed by atoms with Gasteiger partial charge in [0.1, 0.15) is 17.1 Å². The summed E-state index contributed by atoms with van der Waals surface area (Å²) in [5, 5.41) is 3.33. The topological polar surface area (TPSA) is 51.2 Å². The molecule has 0 unspecified atom stereocenters. The fourth-order valence-electron chi connectivity index (χ4n) is 2.17. The highest BCUT2D eigenvalue weighted by molar-refractivity contribution is 7.22.